The minimum Gasteiger partial charge on any atom is -0.117 e. The van der Waals surface area contributed by atoms with Gasteiger partial charge in [0.15, 0.2) is 0 Å². The van der Waals surface area contributed by atoms with Crippen molar-refractivity contribution in [1.82, 2.24) is 0 Å². The first-order chi connectivity index (χ1) is 9.56. The molecule has 0 spiro atoms. The molecule has 0 amide bonds. The second kappa shape index (κ2) is 5.42. The summed E-state index contributed by atoms with van der Waals surface area (Å²) >= 11 is 13.0. The van der Waals surface area contributed by atoms with Crippen LogP contribution in [0.1, 0.15) is 33.2 Å². The number of fused-ring (bicyclic) bond motifs is 1. The molecule has 104 valence electrons. The minimum absolute atomic E-state index is 0.0540. The average molecular weight is 305 g/mol. The highest BCUT2D eigenvalue weighted by molar-refractivity contribution is 6.31. The largest absolute Gasteiger partial charge is 0.117 e. The van der Waals surface area contributed by atoms with Gasteiger partial charge in [0.2, 0.25) is 0 Å². The van der Waals surface area contributed by atoms with Crippen LogP contribution in [0.5, 0.6) is 0 Å². The van der Waals surface area contributed by atoms with Crippen molar-refractivity contribution in [3.05, 3.63) is 69.2 Å². The van der Waals surface area contributed by atoms with E-state index >= 15 is 0 Å². The molecule has 0 bridgehead atoms. The SMILES string of the molecule is Cc1cc(C(Cl)C2Cc3ccccc3C2)c(C)cc1Cl. The Hall–Kier alpha value is -0.980. The van der Waals surface area contributed by atoms with Gasteiger partial charge < -0.3 is 0 Å². The van der Waals surface area contributed by atoms with Crippen molar-refractivity contribution < 1.29 is 0 Å². The summed E-state index contributed by atoms with van der Waals surface area (Å²) in [6, 6.07) is 12.9. The highest BCUT2D eigenvalue weighted by atomic mass is 35.5. The molecule has 1 unspecified atom stereocenters. The fraction of sp³-hybridized carbons (Fsp3) is 0.333. The zero-order chi connectivity index (χ0) is 14.3. The Labute approximate surface area is 130 Å². The van der Waals surface area contributed by atoms with Gasteiger partial charge in [-0.1, -0.05) is 41.9 Å². The summed E-state index contributed by atoms with van der Waals surface area (Å²) in [7, 11) is 0. The Balaban J connectivity index is 1.88. The van der Waals surface area contributed by atoms with E-state index in [1.54, 1.807) is 0 Å². The van der Waals surface area contributed by atoms with Gasteiger partial charge in [0.25, 0.3) is 0 Å². The predicted octanol–water partition coefficient (Wildman–Crippen LogP) is 5.65. The highest BCUT2D eigenvalue weighted by Crippen LogP contribution is 2.41. The van der Waals surface area contributed by atoms with E-state index in [4.69, 9.17) is 23.2 Å². The molecule has 0 aromatic heterocycles. The van der Waals surface area contributed by atoms with Crippen LogP contribution in [0.15, 0.2) is 36.4 Å². The lowest BCUT2D eigenvalue weighted by atomic mass is 9.92. The van der Waals surface area contributed by atoms with E-state index in [1.165, 1.54) is 22.3 Å². The molecule has 0 radical (unpaired) electrons. The molecule has 20 heavy (non-hydrogen) atoms. The molecule has 0 aliphatic heterocycles. The summed E-state index contributed by atoms with van der Waals surface area (Å²) in [4.78, 5) is 0. The predicted molar refractivity (Wildman–Crippen MR) is 86.9 cm³/mol. The van der Waals surface area contributed by atoms with Crippen LogP contribution in [-0.4, -0.2) is 0 Å². The van der Waals surface area contributed by atoms with Crippen LogP contribution in [0.2, 0.25) is 5.02 Å². The van der Waals surface area contributed by atoms with Crippen molar-refractivity contribution >= 4 is 23.2 Å². The Kier molecular flexibility index (Phi) is 3.79. The fourth-order valence-corrected chi connectivity index (χ4v) is 3.79. The number of alkyl halides is 1. The Morgan fingerprint density at radius 3 is 2.20 bits per heavy atom. The number of rotatable bonds is 2. The number of aryl methyl sites for hydroxylation is 2. The van der Waals surface area contributed by atoms with E-state index in [9.17, 15) is 0 Å². The first kappa shape index (κ1) is 14.0. The standard InChI is InChI=1S/C18H18Cl2/c1-11-8-17(19)12(2)7-16(11)18(20)15-9-13-5-3-4-6-14(13)10-15/h3-8,15,18H,9-10H2,1-2H3. The van der Waals surface area contributed by atoms with E-state index in [1.807, 2.05) is 13.0 Å². The van der Waals surface area contributed by atoms with Crippen molar-refractivity contribution in [3.63, 3.8) is 0 Å². The second-order valence-corrected chi connectivity index (χ2v) is 6.67. The molecule has 2 heteroatoms. The van der Waals surface area contributed by atoms with Gasteiger partial charge in [-0.25, -0.2) is 0 Å². The van der Waals surface area contributed by atoms with Gasteiger partial charge in [-0.2, -0.15) is 0 Å². The second-order valence-electron chi connectivity index (χ2n) is 5.80. The van der Waals surface area contributed by atoms with Crippen LogP contribution in [0, 0.1) is 19.8 Å². The van der Waals surface area contributed by atoms with Crippen LogP contribution in [0.3, 0.4) is 0 Å². The van der Waals surface area contributed by atoms with Crippen LogP contribution in [-0.2, 0) is 12.8 Å². The monoisotopic (exact) mass is 304 g/mol. The van der Waals surface area contributed by atoms with Crippen LogP contribution >= 0.6 is 23.2 Å². The van der Waals surface area contributed by atoms with Crippen molar-refractivity contribution in [3.8, 4) is 0 Å². The normalized spacial score (nSPS) is 16.2. The highest BCUT2D eigenvalue weighted by Gasteiger charge is 2.29. The fourth-order valence-electron chi connectivity index (χ4n) is 3.15. The first-order valence-corrected chi connectivity index (χ1v) is 7.85. The molecule has 0 saturated carbocycles. The third kappa shape index (κ3) is 2.47. The number of benzene rings is 2. The summed E-state index contributed by atoms with van der Waals surface area (Å²) in [6.07, 6.45) is 2.15. The van der Waals surface area contributed by atoms with Crippen molar-refractivity contribution in [2.75, 3.05) is 0 Å². The molecular formula is C18H18Cl2. The molecule has 0 fully saturated rings. The van der Waals surface area contributed by atoms with Gasteiger partial charge in [-0.05, 0) is 66.5 Å². The summed E-state index contributed by atoms with van der Waals surface area (Å²) in [5.41, 5.74) is 6.43. The summed E-state index contributed by atoms with van der Waals surface area (Å²) in [6.45, 7) is 4.14. The topological polar surface area (TPSA) is 0 Å². The lowest BCUT2D eigenvalue weighted by molar-refractivity contribution is 0.539. The van der Waals surface area contributed by atoms with Crippen molar-refractivity contribution in [2.45, 2.75) is 32.1 Å². The van der Waals surface area contributed by atoms with Crippen LogP contribution in [0.4, 0.5) is 0 Å². The summed E-state index contributed by atoms with van der Waals surface area (Å²) in [5.74, 6) is 0.480. The Morgan fingerprint density at radius 2 is 1.60 bits per heavy atom. The van der Waals surface area contributed by atoms with E-state index in [2.05, 4.69) is 37.3 Å². The lowest BCUT2D eigenvalue weighted by Crippen LogP contribution is -2.09. The number of hydrogen-bond acceptors (Lipinski definition) is 0. The molecular weight excluding hydrogens is 287 g/mol. The maximum atomic E-state index is 6.79. The van der Waals surface area contributed by atoms with Gasteiger partial charge in [-0.3, -0.25) is 0 Å². The van der Waals surface area contributed by atoms with Gasteiger partial charge >= 0.3 is 0 Å². The van der Waals surface area contributed by atoms with Crippen molar-refractivity contribution in [1.29, 1.82) is 0 Å². The minimum atomic E-state index is 0.0540. The summed E-state index contributed by atoms with van der Waals surface area (Å²) < 4.78 is 0. The molecule has 1 aliphatic carbocycles. The lowest BCUT2D eigenvalue weighted by Gasteiger charge is -2.20. The Bertz CT molecular complexity index is 621. The third-order valence-corrected chi connectivity index (χ3v) is 5.34. The maximum Gasteiger partial charge on any atom is 0.0622 e. The van der Waals surface area contributed by atoms with Gasteiger partial charge in [-0.15, -0.1) is 11.6 Å². The molecule has 1 atom stereocenters. The molecule has 3 rings (SSSR count). The molecule has 1 aliphatic rings. The smallest absolute Gasteiger partial charge is 0.0622 e. The van der Waals surface area contributed by atoms with Gasteiger partial charge in [0.05, 0.1) is 5.38 Å². The third-order valence-electron chi connectivity index (χ3n) is 4.34. The molecule has 0 N–H and O–H groups in total. The van der Waals surface area contributed by atoms with Gasteiger partial charge in [0, 0.05) is 5.02 Å². The quantitative estimate of drug-likeness (QED) is 0.629. The molecule has 2 aromatic carbocycles. The molecule has 2 aromatic rings. The van der Waals surface area contributed by atoms with E-state index in [-0.39, 0.29) is 5.38 Å². The zero-order valence-corrected chi connectivity index (χ0v) is 13.3. The number of halogens is 2. The molecule has 0 saturated heterocycles. The molecule has 0 nitrogen and oxygen atoms in total. The van der Waals surface area contributed by atoms with Gasteiger partial charge in [0.1, 0.15) is 0 Å². The van der Waals surface area contributed by atoms with E-state index in [0.717, 1.165) is 23.4 Å². The first-order valence-electron chi connectivity index (χ1n) is 7.03. The van der Waals surface area contributed by atoms with Crippen LogP contribution < -0.4 is 0 Å². The summed E-state index contributed by atoms with van der Waals surface area (Å²) in [5, 5.41) is 0.878. The maximum absolute atomic E-state index is 6.79. The van der Waals surface area contributed by atoms with Crippen molar-refractivity contribution in [2.24, 2.45) is 5.92 Å². The molecule has 0 heterocycles. The number of hydrogen-bond donors (Lipinski definition) is 0. The van der Waals surface area contributed by atoms with E-state index < -0.39 is 0 Å². The Morgan fingerprint density at radius 1 is 1.00 bits per heavy atom. The van der Waals surface area contributed by atoms with E-state index in [0.29, 0.717) is 5.92 Å². The van der Waals surface area contributed by atoms with Crippen LogP contribution in [0.25, 0.3) is 0 Å². The zero-order valence-electron chi connectivity index (χ0n) is 11.8. The average Bonchev–Trinajstić information content (AvgIpc) is 2.86.